The van der Waals surface area contributed by atoms with E-state index >= 15 is 0 Å². The average molecular weight is 428 g/mol. The van der Waals surface area contributed by atoms with Crippen molar-refractivity contribution in [2.45, 2.75) is 83.2 Å². The van der Waals surface area contributed by atoms with Gasteiger partial charge < -0.3 is 0 Å². The minimum Gasteiger partial charge on any atom is -0.244 e. The summed E-state index contributed by atoms with van der Waals surface area (Å²) in [5.41, 5.74) is -4.82. The number of hydrogen-bond donors (Lipinski definition) is 0. The number of unbranched alkanes of at least 4 members (excludes halogenated alkanes) is 3. The highest BCUT2D eigenvalue weighted by atomic mass is 127. The van der Waals surface area contributed by atoms with E-state index < -0.39 is 29.9 Å². The summed E-state index contributed by atoms with van der Waals surface area (Å²) in [7, 11) is 0. The fraction of sp³-hybridized carbons (Fsp3) is 1.00. The van der Waals surface area contributed by atoms with Gasteiger partial charge in [-0.1, -0.05) is 48.3 Å². The van der Waals surface area contributed by atoms with Crippen molar-refractivity contribution in [1.82, 2.24) is 0 Å². The molecule has 0 fully saturated rings. The molecule has 0 saturated carbocycles. The van der Waals surface area contributed by atoms with Gasteiger partial charge in [-0.2, -0.15) is 13.2 Å². The van der Waals surface area contributed by atoms with Crippen LogP contribution < -0.4 is 0 Å². The van der Waals surface area contributed by atoms with E-state index in [9.17, 15) is 22.0 Å². The maximum atomic E-state index is 13.8. The van der Waals surface area contributed by atoms with Crippen LogP contribution in [-0.4, -0.2) is 21.9 Å². The number of halogens is 6. The molecular formula is C15H26F5I. The summed E-state index contributed by atoms with van der Waals surface area (Å²) in [5, 5.41) is 0. The molecule has 0 bridgehead atoms. The van der Waals surface area contributed by atoms with Gasteiger partial charge in [0.05, 0.1) is 0 Å². The molecule has 0 nitrogen and oxygen atoms in total. The summed E-state index contributed by atoms with van der Waals surface area (Å²) in [6.45, 7) is 3.22. The van der Waals surface area contributed by atoms with Gasteiger partial charge >= 0.3 is 6.18 Å². The molecule has 0 N–H and O–H groups in total. The van der Waals surface area contributed by atoms with Crippen LogP contribution in [0.3, 0.4) is 0 Å². The van der Waals surface area contributed by atoms with Crippen LogP contribution in [-0.2, 0) is 0 Å². The van der Waals surface area contributed by atoms with E-state index in [0.29, 0.717) is 13.3 Å². The quantitative estimate of drug-likeness (QED) is 0.155. The van der Waals surface area contributed by atoms with Crippen LogP contribution in [0.2, 0.25) is 0 Å². The van der Waals surface area contributed by atoms with Crippen molar-refractivity contribution in [3.8, 4) is 0 Å². The first-order chi connectivity index (χ1) is 9.39. The van der Waals surface area contributed by atoms with E-state index in [1.807, 2.05) is 0 Å². The first-order valence-electron chi connectivity index (χ1n) is 7.39. The second-order valence-electron chi connectivity index (χ2n) is 6.58. The minimum atomic E-state index is -4.90. The second-order valence-corrected chi connectivity index (χ2v) is 7.66. The molecule has 21 heavy (non-hydrogen) atoms. The predicted octanol–water partition coefficient (Wildman–Crippen LogP) is 6.81. The van der Waals surface area contributed by atoms with Crippen LogP contribution in [0.5, 0.6) is 0 Å². The molecule has 6 heteroatoms. The minimum absolute atomic E-state index is 0.0329. The third-order valence-corrected chi connectivity index (χ3v) is 4.30. The van der Waals surface area contributed by atoms with Gasteiger partial charge in [-0.15, -0.1) is 0 Å². The largest absolute Gasteiger partial charge is 0.422 e. The molecule has 0 aromatic heterocycles. The lowest BCUT2D eigenvalue weighted by Gasteiger charge is -2.30. The monoisotopic (exact) mass is 428 g/mol. The highest BCUT2D eigenvalue weighted by Crippen LogP contribution is 2.41. The number of hydrogen-bond acceptors (Lipinski definition) is 0. The van der Waals surface area contributed by atoms with E-state index in [2.05, 4.69) is 22.6 Å². The maximum Gasteiger partial charge on any atom is 0.422 e. The summed E-state index contributed by atoms with van der Waals surface area (Å²) in [6.07, 6.45) is -1.42. The standard InChI is InChI=1S/C15H26F5I/c1-13(2,16)10-12(8-6-4-5-7-9-21)11-14(3,17)15(18,19)20/h12H,4-11H2,1-3H3. The molecule has 0 amide bonds. The molecule has 0 radical (unpaired) electrons. The van der Waals surface area contributed by atoms with Gasteiger partial charge in [0.1, 0.15) is 5.67 Å². The van der Waals surface area contributed by atoms with E-state index in [-0.39, 0.29) is 6.42 Å². The van der Waals surface area contributed by atoms with Crippen LogP contribution in [0, 0.1) is 5.92 Å². The Morgan fingerprint density at radius 2 is 1.33 bits per heavy atom. The van der Waals surface area contributed by atoms with Crippen molar-refractivity contribution < 1.29 is 22.0 Å². The predicted molar refractivity (Wildman–Crippen MR) is 85.5 cm³/mol. The Kier molecular flexibility index (Phi) is 9.03. The molecule has 0 aliphatic heterocycles. The van der Waals surface area contributed by atoms with Gasteiger partial charge in [0, 0.05) is 0 Å². The van der Waals surface area contributed by atoms with Gasteiger partial charge in [0.25, 0.3) is 0 Å². The third kappa shape index (κ3) is 9.89. The Morgan fingerprint density at radius 3 is 1.76 bits per heavy atom. The molecule has 0 aliphatic rings. The summed E-state index contributed by atoms with van der Waals surface area (Å²) < 4.78 is 66.5. The zero-order valence-corrected chi connectivity index (χ0v) is 15.2. The lowest BCUT2D eigenvalue weighted by molar-refractivity contribution is -0.230. The summed E-state index contributed by atoms with van der Waals surface area (Å²) >= 11 is 2.27. The molecule has 128 valence electrons. The van der Waals surface area contributed by atoms with Gasteiger partial charge in [0.2, 0.25) is 5.67 Å². The van der Waals surface area contributed by atoms with Crippen molar-refractivity contribution in [3.63, 3.8) is 0 Å². The molecule has 0 rings (SSSR count). The van der Waals surface area contributed by atoms with E-state index in [4.69, 9.17) is 0 Å². The Bertz CT molecular complexity index is 281. The molecule has 2 unspecified atom stereocenters. The zero-order valence-electron chi connectivity index (χ0n) is 13.0. The van der Waals surface area contributed by atoms with Crippen molar-refractivity contribution >= 4 is 22.6 Å². The number of rotatable bonds is 10. The van der Waals surface area contributed by atoms with Crippen LogP contribution in [0.15, 0.2) is 0 Å². The third-order valence-electron chi connectivity index (χ3n) is 3.53. The first kappa shape index (κ1) is 21.4. The van der Waals surface area contributed by atoms with Crippen molar-refractivity contribution in [3.05, 3.63) is 0 Å². The zero-order chi connectivity index (χ0) is 16.7. The SMILES string of the molecule is CC(C)(F)CC(CCCCCCI)CC(C)(F)C(F)(F)F. The Morgan fingerprint density at radius 1 is 0.810 bits per heavy atom. The fourth-order valence-corrected chi connectivity index (χ4v) is 3.04. The van der Waals surface area contributed by atoms with E-state index in [1.165, 1.54) is 13.8 Å². The molecule has 0 aromatic rings. The van der Waals surface area contributed by atoms with Gasteiger partial charge in [-0.3, -0.25) is 0 Å². The lowest BCUT2D eigenvalue weighted by Crippen LogP contribution is -2.40. The molecule has 0 spiro atoms. The molecule has 2 atom stereocenters. The van der Waals surface area contributed by atoms with Crippen LogP contribution in [0.4, 0.5) is 22.0 Å². The van der Waals surface area contributed by atoms with Crippen LogP contribution >= 0.6 is 22.6 Å². The van der Waals surface area contributed by atoms with Gasteiger partial charge in [-0.25, -0.2) is 8.78 Å². The van der Waals surface area contributed by atoms with Crippen molar-refractivity contribution in [2.75, 3.05) is 4.43 Å². The normalized spacial score (nSPS) is 17.6. The van der Waals surface area contributed by atoms with Crippen LogP contribution in [0.25, 0.3) is 0 Å². The molecule has 0 aliphatic carbocycles. The number of alkyl halides is 6. The molecular weight excluding hydrogens is 402 g/mol. The first-order valence-corrected chi connectivity index (χ1v) is 8.92. The highest BCUT2D eigenvalue weighted by molar-refractivity contribution is 14.1. The van der Waals surface area contributed by atoms with Gasteiger partial charge in [0.15, 0.2) is 0 Å². The fourth-order valence-electron chi connectivity index (χ4n) is 2.50. The highest BCUT2D eigenvalue weighted by Gasteiger charge is 2.52. The molecule has 0 aromatic carbocycles. The Labute approximate surface area is 138 Å². The summed E-state index contributed by atoms with van der Waals surface area (Å²) in [4.78, 5) is 0. The topological polar surface area (TPSA) is 0 Å². The van der Waals surface area contributed by atoms with E-state index in [1.54, 1.807) is 0 Å². The smallest absolute Gasteiger partial charge is 0.244 e. The average Bonchev–Trinajstić information content (AvgIpc) is 2.24. The molecule has 0 saturated heterocycles. The second kappa shape index (κ2) is 8.87. The van der Waals surface area contributed by atoms with Crippen molar-refractivity contribution in [1.29, 1.82) is 0 Å². The van der Waals surface area contributed by atoms with Crippen molar-refractivity contribution in [2.24, 2.45) is 5.92 Å². The maximum absolute atomic E-state index is 13.8. The Balaban J connectivity index is 4.53. The summed E-state index contributed by atoms with van der Waals surface area (Å²) in [6, 6.07) is 0. The lowest BCUT2D eigenvalue weighted by atomic mass is 9.82. The van der Waals surface area contributed by atoms with Gasteiger partial charge in [-0.05, 0) is 50.4 Å². The van der Waals surface area contributed by atoms with E-state index in [0.717, 1.165) is 30.1 Å². The Hall–Kier alpha value is 0.380. The molecule has 0 heterocycles. The summed E-state index contributed by atoms with van der Waals surface area (Å²) in [5.74, 6) is -0.582. The van der Waals surface area contributed by atoms with Crippen LogP contribution in [0.1, 0.15) is 65.7 Å².